The Bertz CT molecular complexity index is 434. The van der Waals surface area contributed by atoms with Crippen LogP contribution in [0.3, 0.4) is 0 Å². The fourth-order valence-corrected chi connectivity index (χ4v) is 1.27. The Morgan fingerprint density at radius 3 is 3.06 bits per heavy atom. The molecule has 1 aromatic carbocycles. The van der Waals surface area contributed by atoms with E-state index in [2.05, 4.69) is 15.8 Å². The zero-order valence-corrected chi connectivity index (χ0v) is 9.50. The lowest BCUT2D eigenvalue weighted by molar-refractivity contribution is 0.174. The number of thiocarbonyl (C=S) groups is 1. The van der Waals surface area contributed by atoms with Crippen molar-refractivity contribution < 1.29 is 9.47 Å². The Kier molecular flexibility index (Phi) is 3.21. The molecule has 1 aromatic rings. The van der Waals surface area contributed by atoms with Gasteiger partial charge in [-0.05, 0) is 36.0 Å². The maximum absolute atomic E-state index is 5.25. The Balaban J connectivity index is 2.02. The van der Waals surface area contributed by atoms with Gasteiger partial charge in [-0.1, -0.05) is 0 Å². The van der Waals surface area contributed by atoms with Crippen LogP contribution < -0.4 is 20.2 Å². The third-order valence-corrected chi connectivity index (χ3v) is 2.30. The van der Waals surface area contributed by atoms with Crippen molar-refractivity contribution in [3.63, 3.8) is 0 Å². The molecule has 1 aliphatic heterocycles. The van der Waals surface area contributed by atoms with Crippen LogP contribution >= 0.6 is 12.2 Å². The lowest BCUT2D eigenvalue weighted by Gasteiger charge is -2.00. The highest BCUT2D eigenvalue weighted by Gasteiger charge is 2.12. The molecule has 0 aromatic heterocycles. The van der Waals surface area contributed by atoms with E-state index in [0.717, 1.165) is 17.1 Å². The summed E-state index contributed by atoms with van der Waals surface area (Å²) < 4.78 is 10.4. The van der Waals surface area contributed by atoms with Gasteiger partial charge >= 0.3 is 0 Å². The summed E-state index contributed by atoms with van der Waals surface area (Å²) >= 11 is 4.87. The van der Waals surface area contributed by atoms with E-state index in [4.69, 9.17) is 21.7 Å². The average Bonchev–Trinajstić information content (AvgIpc) is 2.76. The summed E-state index contributed by atoms with van der Waals surface area (Å²) in [5.74, 6) is 1.50. The average molecular weight is 237 g/mol. The van der Waals surface area contributed by atoms with E-state index in [1.165, 1.54) is 0 Å². The molecule has 1 heterocycles. The lowest BCUT2D eigenvalue weighted by Crippen LogP contribution is -2.28. The molecule has 2 N–H and O–H groups in total. The van der Waals surface area contributed by atoms with Gasteiger partial charge in [0.05, 0.1) is 6.21 Å². The van der Waals surface area contributed by atoms with E-state index in [0.29, 0.717) is 5.11 Å². The molecule has 6 heteroatoms. The van der Waals surface area contributed by atoms with Gasteiger partial charge in [-0.15, -0.1) is 0 Å². The minimum atomic E-state index is 0.276. The second-order valence-corrected chi connectivity index (χ2v) is 3.47. The van der Waals surface area contributed by atoms with E-state index in [-0.39, 0.29) is 6.79 Å². The minimum Gasteiger partial charge on any atom is -0.454 e. The normalized spacial score (nSPS) is 12.8. The van der Waals surface area contributed by atoms with E-state index < -0.39 is 0 Å². The van der Waals surface area contributed by atoms with E-state index in [9.17, 15) is 0 Å². The van der Waals surface area contributed by atoms with E-state index in [1.807, 2.05) is 18.2 Å². The van der Waals surface area contributed by atoms with Crippen LogP contribution in [0.2, 0.25) is 0 Å². The van der Waals surface area contributed by atoms with Gasteiger partial charge in [-0.3, -0.25) is 5.43 Å². The van der Waals surface area contributed by atoms with E-state index >= 15 is 0 Å². The predicted molar refractivity (Wildman–Crippen MR) is 65.0 cm³/mol. The number of nitrogens with zero attached hydrogens (tertiary/aromatic N) is 1. The Labute approximate surface area is 98.4 Å². The first-order chi connectivity index (χ1) is 7.79. The van der Waals surface area contributed by atoms with Crippen molar-refractivity contribution in [3.05, 3.63) is 23.8 Å². The molecule has 1 aliphatic rings. The number of rotatable bonds is 2. The van der Waals surface area contributed by atoms with Crippen molar-refractivity contribution in [1.82, 2.24) is 10.7 Å². The molecule has 0 radical (unpaired) electrons. The predicted octanol–water partition coefficient (Wildman–Crippen LogP) is 0.843. The van der Waals surface area contributed by atoms with Crippen LogP contribution in [-0.4, -0.2) is 25.2 Å². The first kappa shape index (κ1) is 10.7. The molecule has 0 bridgehead atoms. The summed E-state index contributed by atoms with van der Waals surface area (Å²) in [5.41, 5.74) is 3.58. The van der Waals surface area contributed by atoms with Crippen LogP contribution in [0, 0.1) is 0 Å². The van der Waals surface area contributed by atoms with Crippen molar-refractivity contribution >= 4 is 23.5 Å². The third kappa shape index (κ3) is 2.40. The van der Waals surface area contributed by atoms with Gasteiger partial charge in [0.1, 0.15) is 0 Å². The van der Waals surface area contributed by atoms with Crippen molar-refractivity contribution in [2.24, 2.45) is 5.10 Å². The van der Waals surface area contributed by atoms with Crippen molar-refractivity contribution in [2.75, 3.05) is 13.8 Å². The minimum absolute atomic E-state index is 0.276. The van der Waals surface area contributed by atoms with Crippen LogP contribution in [0.25, 0.3) is 0 Å². The highest BCUT2D eigenvalue weighted by Crippen LogP contribution is 2.31. The number of fused-ring (bicyclic) bond motifs is 1. The molecule has 5 nitrogen and oxygen atoms in total. The molecule has 0 spiro atoms. The zero-order valence-electron chi connectivity index (χ0n) is 8.69. The first-order valence-corrected chi connectivity index (χ1v) is 5.11. The fourth-order valence-electron chi connectivity index (χ4n) is 1.21. The van der Waals surface area contributed by atoms with Gasteiger partial charge < -0.3 is 14.8 Å². The molecule has 0 amide bonds. The standard InChI is InChI=1S/C10H11N3O2S/c1-11-10(16)13-12-5-7-2-3-8-9(4-7)15-6-14-8/h2-5H,6H2,1H3,(H2,11,13,16)/b12-5+. The monoisotopic (exact) mass is 237 g/mol. The van der Waals surface area contributed by atoms with Crippen LogP contribution in [0.4, 0.5) is 0 Å². The van der Waals surface area contributed by atoms with Crippen molar-refractivity contribution in [1.29, 1.82) is 0 Å². The van der Waals surface area contributed by atoms with Gasteiger partial charge in [0.15, 0.2) is 16.6 Å². The first-order valence-electron chi connectivity index (χ1n) is 4.70. The van der Waals surface area contributed by atoms with Crippen LogP contribution in [-0.2, 0) is 0 Å². The number of ether oxygens (including phenoxy) is 2. The molecule has 16 heavy (non-hydrogen) atoms. The Morgan fingerprint density at radius 1 is 1.44 bits per heavy atom. The second kappa shape index (κ2) is 4.80. The lowest BCUT2D eigenvalue weighted by atomic mass is 10.2. The molecule has 2 rings (SSSR count). The smallest absolute Gasteiger partial charge is 0.231 e. The highest BCUT2D eigenvalue weighted by molar-refractivity contribution is 7.80. The van der Waals surface area contributed by atoms with Crippen LogP contribution in [0.15, 0.2) is 23.3 Å². The Morgan fingerprint density at radius 2 is 2.25 bits per heavy atom. The molecule has 0 fully saturated rings. The number of nitrogens with one attached hydrogen (secondary N) is 2. The van der Waals surface area contributed by atoms with Gasteiger partial charge in [0, 0.05) is 7.05 Å². The zero-order chi connectivity index (χ0) is 11.4. The molecule has 84 valence electrons. The van der Waals surface area contributed by atoms with Gasteiger partial charge in [-0.25, -0.2) is 0 Å². The summed E-state index contributed by atoms with van der Waals surface area (Å²) in [6, 6.07) is 5.59. The molecule has 0 saturated carbocycles. The third-order valence-electron chi connectivity index (χ3n) is 2.00. The molecule has 0 unspecified atom stereocenters. The number of benzene rings is 1. The second-order valence-electron chi connectivity index (χ2n) is 3.06. The van der Waals surface area contributed by atoms with Gasteiger partial charge in [0.2, 0.25) is 6.79 Å². The molecular weight excluding hydrogens is 226 g/mol. The van der Waals surface area contributed by atoms with Gasteiger partial charge in [-0.2, -0.15) is 5.10 Å². The van der Waals surface area contributed by atoms with Crippen molar-refractivity contribution in [3.8, 4) is 11.5 Å². The number of hydrazone groups is 1. The molecule has 0 saturated heterocycles. The molecule has 0 aliphatic carbocycles. The van der Waals surface area contributed by atoms with Crippen molar-refractivity contribution in [2.45, 2.75) is 0 Å². The fraction of sp³-hybridized carbons (Fsp3) is 0.200. The SMILES string of the molecule is CNC(=S)N/N=C/c1ccc2c(c1)OCO2. The molecular formula is C10H11N3O2S. The highest BCUT2D eigenvalue weighted by atomic mass is 32.1. The summed E-state index contributed by atoms with van der Waals surface area (Å²) in [6.45, 7) is 0.276. The summed E-state index contributed by atoms with van der Waals surface area (Å²) in [6.07, 6.45) is 1.66. The largest absolute Gasteiger partial charge is 0.454 e. The maximum atomic E-state index is 5.25. The molecule has 0 atom stereocenters. The summed E-state index contributed by atoms with van der Waals surface area (Å²) in [5, 5.41) is 7.19. The summed E-state index contributed by atoms with van der Waals surface area (Å²) in [4.78, 5) is 0. The topological polar surface area (TPSA) is 54.9 Å². The van der Waals surface area contributed by atoms with Crippen LogP contribution in [0.1, 0.15) is 5.56 Å². The van der Waals surface area contributed by atoms with E-state index in [1.54, 1.807) is 13.3 Å². The quantitative estimate of drug-likeness (QED) is 0.453. The van der Waals surface area contributed by atoms with Crippen LogP contribution in [0.5, 0.6) is 11.5 Å². The Hall–Kier alpha value is -1.82. The maximum Gasteiger partial charge on any atom is 0.231 e. The summed E-state index contributed by atoms with van der Waals surface area (Å²) in [7, 11) is 1.73. The number of hydrogen-bond donors (Lipinski definition) is 2. The van der Waals surface area contributed by atoms with Gasteiger partial charge in [0.25, 0.3) is 0 Å². The number of hydrogen-bond acceptors (Lipinski definition) is 4.